The molecule has 3 N–H and O–H groups in total. The second-order valence-corrected chi connectivity index (χ2v) is 22.9. The van der Waals surface area contributed by atoms with Crippen LogP contribution in [0, 0.1) is 11.8 Å². The molecule has 0 saturated heterocycles. The van der Waals surface area contributed by atoms with E-state index in [1.807, 2.05) is 120 Å². The standard InChI is InChI=1S/C47H50ClN5O8Si/c1-46(2,3)62(6,7)61-47-32(36(53(4)5)38-35(41(47)56)44(52-60-38)59-26-28-19-13-9-14-20-28)24-29-23-31-34(37(54)33(29)40(47)55)39(58-25-27-17-11-8-12-18-27)43(50-42(31)48)51-45(57)49-30-21-15-10-16-22-30/h8-22,29,32,36,55H,23-26H2,1-7H3,(H2,49,50,51,57)/t29-,32-,36-,47-/m0/s1. The second kappa shape index (κ2) is 16.5. The first-order valence-corrected chi connectivity index (χ1v) is 23.9. The van der Waals surface area contributed by atoms with Gasteiger partial charge in [0.2, 0.25) is 5.78 Å². The first-order chi connectivity index (χ1) is 29.5. The number of fused-ring (bicyclic) bond motifs is 4. The van der Waals surface area contributed by atoms with Crippen LogP contribution in [0.2, 0.25) is 23.3 Å². The lowest BCUT2D eigenvalue weighted by molar-refractivity contribution is -0.0480. The summed E-state index contributed by atoms with van der Waals surface area (Å²) in [5.74, 6) is -2.91. The summed E-state index contributed by atoms with van der Waals surface area (Å²) in [4.78, 5) is 51.1. The Labute approximate surface area is 366 Å². The summed E-state index contributed by atoms with van der Waals surface area (Å²) in [7, 11) is 0.759. The fourth-order valence-electron chi connectivity index (χ4n) is 8.61. The summed E-state index contributed by atoms with van der Waals surface area (Å²) >= 11 is 6.97. The number of aromatic nitrogens is 2. The number of anilines is 2. The summed E-state index contributed by atoms with van der Waals surface area (Å²) < 4.78 is 25.9. The number of nitrogens with one attached hydrogen (secondary N) is 2. The lowest BCUT2D eigenvalue weighted by Gasteiger charge is -2.55. The minimum absolute atomic E-state index is 0.00932. The first-order valence-electron chi connectivity index (χ1n) is 20.6. The molecule has 62 heavy (non-hydrogen) atoms. The Balaban J connectivity index is 1.29. The van der Waals surface area contributed by atoms with Gasteiger partial charge in [0.05, 0.1) is 11.6 Å². The zero-order valence-corrected chi connectivity index (χ0v) is 37.5. The van der Waals surface area contributed by atoms with Gasteiger partial charge in [-0.25, -0.2) is 9.78 Å². The van der Waals surface area contributed by atoms with Gasteiger partial charge in [0, 0.05) is 22.7 Å². The molecule has 0 aliphatic heterocycles. The molecular formula is C47H50ClN5O8Si. The van der Waals surface area contributed by atoms with Crippen LogP contribution in [-0.4, -0.2) is 65.8 Å². The highest BCUT2D eigenvalue weighted by Crippen LogP contribution is 2.60. The molecule has 2 amide bonds. The average Bonchev–Trinajstić information content (AvgIpc) is 3.65. The minimum Gasteiger partial charge on any atom is -0.508 e. The van der Waals surface area contributed by atoms with Gasteiger partial charge in [-0.2, -0.15) is 0 Å². The van der Waals surface area contributed by atoms with Gasteiger partial charge < -0.3 is 28.8 Å². The predicted octanol–water partition coefficient (Wildman–Crippen LogP) is 9.97. The number of ketones is 2. The molecule has 2 heterocycles. The van der Waals surface area contributed by atoms with Gasteiger partial charge in [0.1, 0.15) is 29.7 Å². The molecule has 4 atom stereocenters. The largest absolute Gasteiger partial charge is 0.508 e. The maximum Gasteiger partial charge on any atom is 0.324 e. The van der Waals surface area contributed by atoms with Crippen molar-refractivity contribution in [2.24, 2.45) is 11.8 Å². The van der Waals surface area contributed by atoms with Crippen molar-refractivity contribution < 1.29 is 37.9 Å². The molecule has 0 fully saturated rings. The van der Waals surface area contributed by atoms with Gasteiger partial charge in [0.15, 0.2) is 37.0 Å². The van der Waals surface area contributed by atoms with Crippen molar-refractivity contribution in [3.63, 3.8) is 0 Å². The van der Waals surface area contributed by atoms with Crippen molar-refractivity contribution >= 4 is 49.0 Å². The number of hydrogen-bond donors (Lipinski definition) is 3. The van der Waals surface area contributed by atoms with Crippen molar-refractivity contribution in [1.82, 2.24) is 15.0 Å². The molecule has 3 aliphatic carbocycles. The third-order valence-corrected chi connectivity index (χ3v) is 17.3. The number of hydrogen-bond acceptors (Lipinski definition) is 11. The Kier molecular flexibility index (Phi) is 11.4. The van der Waals surface area contributed by atoms with Crippen LogP contribution in [-0.2, 0) is 24.1 Å². The van der Waals surface area contributed by atoms with E-state index < -0.39 is 60.2 Å². The lowest BCUT2D eigenvalue weighted by Crippen LogP contribution is -2.65. The van der Waals surface area contributed by atoms with Crippen LogP contribution < -0.4 is 20.1 Å². The molecule has 0 radical (unpaired) electrons. The van der Waals surface area contributed by atoms with Crippen LogP contribution in [0.25, 0.3) is 0 Å². The monoisotopic (exact) mass is 875 g/mol. The number of carbonyl (C=O) groups is 3. The van der Waals surface area contributed by atoms with E-state index in [2.05, 4.69) is 20.8 Å². The first kappa shape index (κ1) is 42.9. The molecular weight excluding hydrogens is 826 g/mol. The lowest BCUT2D eigenvalue weighted by atomic mass is 9.58. The zero-order valence-electron chi connectivity index (χ0n) is 35.7. The number of pyridine rings is 1. The number of amides is 2. The Morgan fingerprint density at radius 2 is 1.52 bits per heavy atom. The van der Waals surface area contributed by atoms with Gasteiger partial charge in [-0.05, 0) is 79.4 Å². The third kappa shape index (κ3) is 7.59. The summed E-state index contributed by atoms with van der Waals surface area (Å²) in [5.41, 5.74) is 0.612. The number of para-hydroxylation sites is 1. The van der Waals surface area contributed by atoms with Crippen LogP contribution in [0.4, 0.5) is 16.3 Å². The normalized spacial score (nSPS) is 20.8. The highest BCUT2D eigenvalue weighted by Gasteiger charge is 2.67. The van der Waals surface area contributed by atoms with E-state index >= 15 is 9.59 Å². The zero-order chi connectivity index (χ0) is 44.1. The van der Waals surface area contributed by atoms with E-state index in [9.17, 15) is 9.90 Å². The van der Waals surface area contributed by atoms with Crippen LogP contribution >= 0.6 is 11.6 Å². The number of urea groups is 1. The fourth-order valence-corrected chi connectivity index (χ4v) is 10.3. The van der Waals surface area contributed by atoms with Crippen LogP contribution in [0.15, 0.2) is 107 Å². The van der Waals surface area contributed by atoms with E-state index in [1.54, 1.807) is 24.3 Å². The van der Waals surface area contributed by atoms with Gasteiger partial charge in [0.25, 0.3) is 5.88 Å². The van der Waals surface area contributed by atoms with Crippen LogP contribution in [0.5, 0.6) is 11.6 Å². The van der Waals surface area contributed by atoms with E-state index in [0.717, 1.165) is 11.1 Å². The topological polar surface area (TPSA) is 165 Å². The molecule has 3 aliphatic rings. The Hall–Kier alpha value is -5.80. The van der Waals surface area contributed by atoms with Gasteiger partial charge in [-0.3, -0.25) is 19.8 Å². The number of carbonyl (C=O) groups excluding carboxylic acids is 3. The summed E-state index contributed by atoms with van der Waals surface area (Å²) in [5, 5.41) is 22.5. The number of ether oxygens (including phenoxy) is 2. The summed E-state index contributed by atoms with van der Waals surface area (Å²) in [6, 6.07) is 26.4. The highest BCUT2D eigenvalue weighted by atomic mass is 35.5. The highest BCUT2D eigenvalue weighted by molar-refractivity contribution is 6.74. The van der Waals surface area contributed by atoms with E-state index in [0.29, 0.717) is 17.0 Å². The van der Waals surface area contributed by atoms with E-state index in [-0.39, 0.29) is 65.4 Å². The minimum atomic E-state index is -2.97. The Morgan fingerprint density at radius 3 is 2.11 bits per heavy atom. The summed E-state index contributed by atoms with van der Waals surface area (Å²) in [6.45, 7) is 10.3. The second-order valence-electron chi connectivity index (χ2n) is 17.8. The van der Waals surface area contributed by atoms with Gasteiger partial charge in [-0.15, -0.1) is 0 Å². The maximum absolute atomic E-state index is 15.7. The number of benzene rings is 3. The van der Waals surface area contributed by atoms with Crippen molar-refractivity contribution in [2.75, 3.05) is 24.7 Å². The number of nitrogens with zero attached hydrogens (tertiary/aromatic N) is 3. The molecule has 322 valence electrons. The van der Waals surface area contributed by atoms with E-state index in [1.165, 1.54) is 0 Å². The molecule has 15 heteroatoms. The van der Waals surface area contributed by atoms with Crippen LogP contribution in [0.3, 0.4) is 0 Å². The number of Topliss-reactive ketones (excluding diaryl/α,β-unsaturated/α-hetero) is 2. The Morgan fingerprint density at radius 1 is 0.919 bits per heavy atom. The molecule has 0 saturated carbocycles. The molecule has 2 aromatic heterocycles. The molecule has 8 rings (SSSR count). The van der Waals surface area contributed by atoms with Crippen molar-refractivity contribution in [3.8, 4) is 11.6 Å². The molecule has 0 spiro atoms. The smallest absolute Gasteiger partial charge is 0.324 e. The Bertz CT molecular complexity index is 2560. The molecule has 0 unspecified atom stereocenters. The van der Waals surface area contributed by atoms with Gasteiger partial charge >= 0.3 is 6.03 Å². The number of aliphatic hydroxyl groups excluding tert-OH is 1. The van der Waals surface area contributed by atoms with E-state index in [4.69, 9.17) is 30.0 Å². The molecule has 3 aromatic carbocycles. The molecule has 5 aromatic rings. The number of rotatable bonds is 11. The van der Waals surface area contributed by atoms with Gasteiger partial charge in [-0.1, -0.05) is 111 Å². The molecule has 13 nitrogen and oxygen atoms in total. The third-order valence-electron chi connectivity index (χ3n) is 12.6. The van der Waals surface area contributed by atoms with Crippen molar-refractivity contribution in [1.29, 1.82) is 0 Å². The fraction of sp³-hybridized carbons (Fsp3) is 0.340. The number of allylic oxidation sites excluding steroid dienone is 1. The maximum atomic E-state index is 15.7. The number of aliphatic hydroxyl groups is 1. The van der Waals surface area contributed by atoms with Crippen molar-refractivity contribution in [2.45, 2.75) is 76.6 Å². The quantitative estimate of drug-likeness (QED) is 0.0854. The van der Waals surface area contributed by atoms with Crippen molar-refractivity contribution in [3.05, 3.63) is 141 Å². The molecule has 0 bridgehead atoms. The predicted molar refractivity (Wildman–Crippen MR) is 237 cm³/mol. The number of halogens is 1. The van der Waals surface area contributed by atoms with Crippen LogP contribution in [0.1, 0.15) is 76.4 Å². The SMILES string of the molecule is CN(C)[C@@H]1c2onc(OCc3ccccc3)c2C(=O)[C@@]2(O[Si](C)(C)C(C)(C)C)C(O)=C3C(=O)c4c(c(Cl)nc(NC(=O)Nc5ccccc5)c4OCc4ccccc4)C[C@H]3C[C@@H]12. The summed E-state index contributed by atoms with van der Waals surface area (Å²) in [6.07, 6.45) is 0.393. The average molecular weight is 876 g/mol.